The molecule has 148 valence electrons. The lowest BCUT2D eigenvalue weighted by molar-refractivity contribution is -0.121. The van der Waals surface area contributed by atoms with Gasteiger partial charge in [0.2, 0.25) is 0 Å². The number of hydrogen-bond donors (Lipinski definition) is 0. The summed E-state index contributed by atoms with van der Waals surface area (Å²) in [5.41, 5.74) is 2.42. The van der Waals surface area contributed by atoms with Crippen LogP contribution in [0.15, 0.2) is 41.3 Å². The van der Waals surface area contributed by atoms with Crippen molar-refractivity contribution < 1.29 is 27.5 Å². The van der Waals surface area contributed by atoms with Crippen molar-refractivity contribution in [1.82, 2.24) is 4.31 Å². The Labute approximate surface area is 163 Å². The van der Waals surface area contributed by atoms with Crippen LogP contribution in [0.4, 0.5) is 10.5 Å². The molecule has 1 aliphatic heterocycles. The van der Waals surface area contributed by atoms with E-state index in [1.165, 1.54) is 32.4 Å². The van der Waals surface area contributed by atoms with E-state index in [-0.39, 0.29) is 17.2 Å². The van der Waals surface area contributed by atoms with Crippen LogP contribution in [-0.2, 0) is 14.8 Å². The number of carbonyl (C=O) groups excluding carboxylic acids is 2. The van der Waals surface area contributed by atoms with Crippen LogP contribution in [0.1, 0.15) is 11.1 Å². The minimum absolute atomic E-state index is 0.175. The molecule has 2 aromatic carbocycles. The van der Waals surface area contributed by atoms with Crippen LogP contribution in [0, 0.1) is 13.8 Å². The van der Waals surface area contributed by atoms with Crippen molar-refractivity contribution in [2.45, 2.75) is 18.7 Å². The SMILES string of the molecule is COc1ccc(S(=O)(=O)N2C(=O)CN(c3ccc(C)c(C)c3)C2=O)cc1OC. The average molecular weight is 404 g/mol. The first kappa shape index (κ1) is 19.7. The van der Waals surface area contributed by atoms with Crippen LogP contribution in [0.25, 0.3) is 0 Å². The van der Waals surface area contributed by atoms with Gasteiger partial charge in [-0.25, -0.2) is 13.2 Å². The van der Waals surface area contributed by atoms with E-state index in [1.807, 2.05) is 19.9 Å². The molecule has 0 spiro atoms. The van der Waals surface area contributed by atoms with Crippen molar-refractivity contribution in [2.75, 3.05) is 25.7 Å². The van der Waals surface area contributed by atoms with E-state index >= 15 is 0 Å². The van der Waals surface area contributed by atoms with Gasteiger partial charge in [-0.2, -0.15) is 0 Å². The summed E-state index contributed by atoms with van der Waals surface area (Å²) in [6.45, 7) is 3.44. The number of anilines is 1. The maximum atomic E-state index is 13.0. The quantitative estimate of drug-likeness (QED) is 0.711. The predicted octanol–water partition coefficient (Wildman–Crippen LogP) is 2.48. The van der Waals surface area contributed by atoms with Crippen molar-refractivity contribution in [2.24, 2.45) is 0 Å². The van der Waals surface area contributed by atoms with Gasteiger partial charge in [0.15, 0.2) is 11.5 Å². The monoisotopic (exact) mass is 404 g/mol. The molecule has 1 aliphatic rings. The van der Waals surface area contributed by atoms with Gasteiger partial charge in [0, 0.05) is 11.8 Å². The number of methoxy groups -OCH3 is 2. The summed E-state index contributed by atoms with van der Waals surface area (Å²) < 4.78 is 36.5. The number of imide groups is 1. The molecular formula is C19H20N2O6S. The van der Waals surface area contributed by atoms with Gasteiger partial charge in [-0.3, -0.25) is 9.69 Å². The summed E-state index contributed by atoms with van der Waals surface area (Å²) >= 11 is 0. The molecule has 0 aromatic heterocycles. The van der Waals surface area contributed by atoms with Crippen LogP contribution >= 0.6 is 0 Å². The summed E-state index contributed by atoms with van der Waals surface area (Å²) in [4.78, 5) is 26.2. The highest BCUT2D eigenvalue weighted by Crippen LogP contribution is 2.33. The van der Waals surface area contributed by atoms with Crippen LogP contribution in [-0.4, -0.2) is 45.4 Å². The second-order valence-corrected chi connectivity index (χ2v) is 8.10. The molecule has 0 atom stereocenters. The topological polar surface area (TPSA) is 93.2 Å². The fraction of sp³-hybridized carbons (Fsp3) is 0.263. The van der Waals surface area contributed by atoms with Crippen LogP contribution in [0.5, 0.6) is 11.5 Å². The van der Waals surface area contributed by atoms with Gasteiger partial charge in [-0.05, 0) is 49.2 Å². The number of sulfonamides is 1. The third-order valence-corrected chi connectivity index (χ3v) is 6.31. The fourth-order valence-electron chi connectivity index (χ4n) is 2.90. The molecule has 3 amide bonds. The van der Waals surface area contributed by atoms with Gasteiger partial charge >= 0.3 is 6.03 Å². The summed E-state index contributed by atoms with van der Waals surface area (Å²) in [5.74, 6) is -0.316. The van der Waals surface area contributed by atoms with Crippen LogP contribution in [0.3, 0.4) is 0 Å². The molecule has 2 aromatic rings. The molecule has 0 radical (unpaired) electrons. The van der Waals surface area contributed by atoms with E-state index in [0.717, 1.165) is 16.0 Å². The van der Waals surface area contributed by atoms with Crippen LogP contribution in [0.2, 0.25) is 0 Å². The van der Waals surface area contributed by atoms with Crippen molar-refractivity contribution in [3.05, 3.63) is 47.5 Å². The molecular weight excluding hydrogens is 384 g/mol. The number of benzene rings is 2. The van der Waals surface area contributed by atoms with E-state index in [4.69, 9.17) is 9.47 Å². The summed E-state index contributed by atoms with van der Waals surface area (Å²) in [6, 6.07) is 8.20. The van der Waals surface area contributed by atoms with Gasteiger partial charge in [0.25, 0.3) is 15.9 Å². The number of hydrogen-bond acceptors (Lipinski definition) is 6. The van der Waals surface area contributed by atoms with E-state index < -0.39 is 22.0 Å². The highest BCUT2D eigenvalue weighted by molar-refractivity contribution is 7.90. The molecule has 0 bridgehead atoms. The van der Waals surface area contributed by atoms with Crippen molar-refractivity contribution in [3.63, 3.8) is 0 Å². The number of amides is 3. The highest BCUT2D eigenvalue weighted by atomic mass is 32.2. The molecule has 28 heavy (non-hydrogen) atoms. The third-order valence-electron chi connectivity index (χ3n) is 4.62. The Kier molecular flexibility index (Phi) is 5.03. The Bertz CT molecular complexity index is 1060. The van der Waals surface area contributed by atoms with E-state index in [1.54, 1.807) is 12.1 Å². The smallest absolute Gasteiger partial charge is 0.346 e. The second kappa shape index (κ2) is 7.16. The first-order valence-electron chi connectivity index (χ1n) is 8.39. The summed E-state index contributed by atoms with van der Waals surface area (Å²) in [7, 11) is -1.62. The van der Waals surface area contributed by atoms with Gasteiger partial charge in [-0.15, -0.1) is 4.31 Å². The van der Waals surface area contributed by atoms with E-state index in [9.17, 15) is 18.0 Å². The van der Waals surface area contributed by atoms with E-state index in [0.29, 0.717) is 15.7 Å². The number of urea groups is 1. The minimum Gasteiger partial charge on any atom is -0.493 e. The predicted molar refractivity (Wildman–Crippen MR) is 102 cm³/mol. The first-order chi connectivity index (χ1) is 13.2. The van der Waals surface area contributed by atoms with Crippen molar-refractivity contribution >= 4 is 27.6 Å². The van der Waals surface area contributed by atoms with E-state index in [2.05, 4.69) is 0 Å². The van der Waals surface area contributed by atoms with Gasteiger partial charge < -0.3 is 9.47 Å². The Morgan fingerprint density at radius 2 is 1.57 bits per heavy atom. The number of nitrogens with zero attached hydrogens (tertiary/aromatic N) is 2. The maximum absolute atomic E-state index is 13.0. The summed E-state index contributed by atoms with van der Waals surface area (Å²) in [6.07, 6.45) is 0. The van der Waals surface area contributed by atoms with Crippen molar-refractivity contribution in [3.8, 4) is 11.5 Å². The molecule has 1 saturated heterocycles. The van der Waals surface area contributed by atoms with Gasteiger partial charge in [-0.1, -0.05) is 6.07 Å². The molecule has 8 nitrogen and oxygen atoms in total. The Morgan fingerprint density at radius 1 is 0.893 bits per heavy atom. The molecule has 1 heterocycles. The van der Waals surface area contributed by atoms with Crippen molar-refractivity contribution in [1.29, 1.82) is 0 Å². The Morgan fingerprint density at radius 3 is 2.18 bits per heavy atom. The Hall–Kier alpha value is -3.07. The zero-order valence-electron chi connectivity index (χ0n) is 15.9. The van der Waals surface area contributed by atoms with Gasteiger partial charge in [0.05, 0.1) is 19.1 Å². The largest absolute Gasteiger partial charge is 0.493 e. The first-order valence-corrected chi connectivity index (χ1v) is 9.83. The number of carbonyl (C=O) groups is 2. The average Bonchev–Trinajstić information content (AvgIpc) is 2.98. The molecule has 0 unspecified atom stereocenters. The molecule has 9 heteroatoms. The number of aryl methyl sites for hydroxylation is 2. The lowest BCUT2D eigenvalue weighted by atomic mass is 10.1. The molecule has 0 N–H and O–H groups in total. The number of rotatable bonds is 5. The minimum atomic E-state index is -4.40. The molecule has 0 aliphatic carbocycles. The molecule has 0 saturated carbocycles. The summed E-state index contributed by atoms with van der Waals surface area (Å²) in [5, 5.41) is 0. The fourth-order valence-corrected chi connectivity index (χ4v) is 4.23. The zero-order chi connectivity index (χ0) is 20.6. The number of ether oxygens (including phenoxy) is 2. The highest BCUT2D eigenvalue weighted by Gasteiger charge is 2.45. The maximum Gasteiger partial charge on any atom is 0.346 e. The standard InChI is InChI=1S/C19H20N2O6S/c1-12-5-6-14(9-13(12)2)20-11-18(22)21(19(20)23)28(24,25)15-7-8-16(26-3)17(10-15)27-4/h5-10H,11H2,1-4H3. The second-order valence-electron chi connectivity index (χ2n) is 6.32. The lowest BCUT2D eigenvalue weighted by Gasteiger charge is -2.18. The molecule has 1 fully saturated rings. The van der Waals surface area contributed by atoms with Crippen LogP contribution < -0.4 is 14.4 Å². The normalized spacial score (nSPS) is 14.6. The lowest BCUT2D eigenvalue weighted by Crippen LogP contribution is -2.38. The third kappa shape index (κ3) is 3.18. The Balaban J connectivity index is 1.99. The zero-order valence-corrected chi connectivity index (χ0v) is 16.7. The van der Waals surface area contributed by atoms with Gasteiger partial charge in [0.1, 0.15) is 6.54 Å². The molecule has 3 rings (SSSR count).